The fourth-order valence-electron chi connectivity index (χ4n) is 1.96. The number of hydrogen-bond acceptors (Lipinski definition) is 3. The maximum atomic E-state index is 12.8. The van der Waals surface area contributed by atoms with Crippen molar-refractivity contribution in [3.63, 3.8) is 0 Å². The Morgan fingerprint density at radius 2 is 1.68 bits per heavy atom. The van der Waals surface area contributed by atoms with Crippen molar-refractivity contribution in [2.45, 2.75) is 20.3 Å². The molecule has 0 saturated heterocycles. The van der Waals surface area contributed by atoms with Gasteiger partial charge in [0.1, 0.15) is 5.82 Å². The Labute approximate surface area is 128 Å². The third-order valence-corrected chi connectivity index (χ3v) is 3.45. The van der Waals surface area contributed by atoms with Crippen LogP contribution in [0.1, 0.15) is 27.0 Å². The normalized spacial score (nSPS) is 10.3. The van der Waals surface area contributed by atoms with Crippen molar-refractivity contribution in [3.05, 3.63) is 70.5 Å². The summed E-state index contributed by atoms with van der Waals surface area (Å²) in [6, 6.07) is 11.0. The van der Waals surface area contributed by atoms with E-state index in [1.54, 1.807) is 12.1 Å². The summed E-state index contributed by atoms with van der Waals surface area (Å²) in [6.07, 6.45) is 0.0144. The minimum absolute atomic E-state index is 0.0144. The van der Waals surface area contributed by atoms with E-state index in [0.717, 1.165) is 11.1 Å². The van der Waals surface area contributed by atoms with Crippen LogP contribution in [-0.4, -0.2) is 18.4 Å². The molecule has 4 heteroatoms. The lowest BCUT2D eigenvalue weighted by molar-refractivity contribution is -0.141. The molecule has 114 valence electrons. The van der Waals surface area contributed by atoms with E-state index < -0.39 is 5.97 Å². The number of carbonyl (C=O) groups is 2. The molecule has 0 radical (unpaired) electrons. The molecule has 0 heterocycles. The van der Waals surface area contributed by atoms with Crippen molar-refractivity contribution in [1.82, 2.24) is 0 Å². The third-order valence-electron chi connectivity index (χ3n) is 3.45. The fraction of sp³-hybridized carbons (Fsp3) is 0.222. The molecule has 0 aromatic heterocycles. The summed E-state index contributed by atoms with van der Waals surface area (Å²) in [5, 5.41) is 0. The Bertz CT molecular complexity index is 690. The molecular formula is C18H17FO3. The van der Waals surface area contributed by atoms with E-state index in [2.05, 4.69) is 0 Å². The summed E-state index contributed by atoms with van der Waals surface area (Å²) < 4.78 is 17.7. The zero-order chi connectivity index (χ0) is 16.1. The van der Waals surface area contributed by atoms with Gasteiger partial charge >= 0.3 is 5.97 Å². The van der Waals surface area contributed by atoms with Crippen LogP contribution in [0.15, 0.2) is 42.5 Å². The first-order chi connectivity index (χ1) is 10.5. The molecular weight excluding hydrogens is 283 g/mol. The lowest BCUT2D eigenvalue weighted by atomic mass is 10.0. The second-order valence-corrected chi connectivity index (χ2v) is 5.19. The predicted molar refractivity (Wildman–Crippen MR) is 81.3 cm³/mol. The number of rotatable bonds is 5. The minimum atomic E-state index is -0.510. The van der Waals surface area contributed by atoms with Crippen molar-refractivity contribution in [2.24, 2.45) is 0 Å². The summed E-state index contributed by atoms with van der Waals surface area (Å²) >= 11 is 0. The first-order valence-electron chi connectivity index (χ1n) is 6.96. The van der Waals surface area contributed by atoms with Gasteiger partial charge in [0.15, 0.2) is 12.4 Å². The molecule has 0 aliphatic carbocycles. The Kier molecular flexibility index (Phi) is 5.04. The SMILES string of the molecule is Cc1ccc(C(=O)COC(=O)Cc2ccc(F)cc2)cc1C. The lowest BCUT2D eigenvalue weighted by Crippen LogP contribution is -2.15. The van der Waals surface area contributed by atoms with Crippen LogP contribution in [0.4, 0.5) is 4.39 Å². The number of benzene rings is 2. The van der Waals surface area contributed by atoms with E-state index in [0.29, 0.717) is 11.1 Å². The Morgan fingerprint density at radius 3 is 2.32 bits per heavy atom. The van der Waals surface area contributed by atoms with Crippen LogP contribution in [0.2, 0.25) is 0 Å². The summed E-state index contributed by atoms with van der Waals surface area (Å²) in [5.74, 6) is -1.11. The molecule has 0 saturated carbocycles. The van der Waals surface area contributed by atoms with Crippen LogP contribution in [0.3, 0.4) is 0 Å². The highest BCUT2D eigenvalue weighted by atomic mass is 19.1. The van der Waals surface area contributed by atoms with Crippen LogP contribution >= 0.6 is 0 Å². The maximum absolute atomic E-state index is 12.8. The zero-order valence-corrected chi connectivity index (χ0v) is 12.6. The molecule has 0 aliphatic heterocycles. The van der Waals surface area contributed by atoms with Crippen molar-refractivity contribution in [1.29, 1.82) is 0 Å². The first-order valence-corrected chi connectivity index (χ1v) is 6.96. The average molecular weight is 300 g/mol. The molecule has 3 nitrogen and oxygen atoms in total. The quantitative estimate of drug-likeness (QED) is 0.628. The van der Waals surface area contributed by atoms with Crippen LogP contribution < -0.4 is 0 Å². The highest BCUT2D eigenvalue weighted by molar-refractivity contribution is 5.98. The summed E-state index contributed by atoms with van der Waals surface area (Å²) in [7, 11) is 0. The van der Waals surface area contributed by atoms with Gasteiger partial charge < -0.3 is 4.74 Å². The van der Waals surface area contributed by atoms with Gasteiger partial charge in [-0.15, -0.1) is 0 Å². The van der Waals surface area contributed by atoms with E-state index in [-0.39, 0.29) is 24.6 Å². The largest absolute Gasteiger partial charge is 0.457 e. The molecule has 2 aromatic rings. The van der Waals surface area contributed by atoms with Gasteiger partial charge in [0.05, 0.1) is 6.42 Å². The first kappa shape index (κ1) is 15.9. The van der Waals surface area contributed by atoms with Gasteiger partial charge in [0, 0.05) is 5.56 Å². The molecule has 0 N–H and O–H groups in total. The minimum Gasteiger partial charge on any atom is -0.457 e. The molecule has 0 aliphatic rings. The molecule has 2 aromatic carbocycles. The standard InChI is InChI=1S/C18H17FO3/c1-12-3-6-15(9-13(12)2)17(20)11-22-18(21)10-14-4-7-16(19)8-5-14/h3-9H,10-11H2,1-2H3. The molecule has 22 heavy (non-hydrogen) atoms. The number of Topliss-reactive ketones (excluding diaryl/α,β-unsaturated/α-hetero) is 1. The van der Waals surface area contributed by atoms with Crippen LogP contribution in [0, 0.1) is 19.7 Å². The molecule has 0 bridgehead atoms. The molecule has 2 rings (SSSR count). The van der Waals surface area contributed by atoms with E-state index in [1.807, 2.05) is 19.9 Å². The van der Waals surface area contributed by atoms with E-state index in [9.17, 15) is 14.0 Å². The highest BCUT2D eigenvalue weighted by Crippen LogP contribution is 2.11. The smallest absolute Gasteiger partial charge is 0.310 e. The van der Waals surface area contributed by atoms with Gasteiger partial charge in [-0.2, -0.15) is 0 Å². The fourth-order valence-corrected chi connectivity index (χ4v) is 1.96. The van der Waals surface area contributed by atoms with Gasteiger partial charge in [0.25, 0.3) is 0 Å². The predicted octanol–water partition coefficient (Wildman–Crippen LogP) is 3.41. The number of ketones is 1. The van der Waals surface area contributed by atoms with Crippen molar-refractivity contribution in [2.75, 3.05) is 6.61 Å². The Morgan fingerprint density at radius 1 is 1.00 bits per heavy atom. The maximum Gasteiger partial charge on any atom is 0.310 e. The molecule has 0 amide bonds. The second-order valence-electron chi connectivity index (χ2n) is 5.19. The number of ether oxygens (including phenoxy) is 1. The number of carbonyl (C=O) groups excluding carboxylic acids is 2. The number of esters is 1. The number of aryl methyl sites for hydroxylation is 2. The van der Waals surface area contributed by atoms with E-state index >= 15 is 0 Å². The van der Waals surface area contributed by atoms with E-state index in [1.165, 1.54) is 24.3 Å². The van der Waals surface area contributed by atoms with Crippen molar-refractivity contribution in [3.8, 4) is 0 Å². The topological polar surface area (TPSA) is 43.4 Å². The van der Waals surface area contributed by atoms with E-state index in [4.69, 9.17) is 4.74 Å². The average Bonchev–Trinajstić information content (AvgIpc) is 2.50. The Balaban J connectivity index is 1.88. The molecule has 0 fully saturated rings. The van der Waals surface area contributed by atoms with Gasteiger partial charge in [-0.25, -0.2) is 4.39 Å². The van der Waals surface area contributed by atoms with Crippen molar-refractivity contribution < 1.29 is 18.7 Å². The number of halogens is 1. The molecule has 0 atom stereocenters. The van der Waals surface area contributed by atoms with Crippen LogP contribution in [0.5, 0.6) is 0 Å². The van der Waals surface area contributed by atoms with Gasteiger partial charge in [-0.05, 0) is 48.7 Å². The number of hydrogen-bond donors (Lipinski definition) is 0. The van der Waals surface area contributed by atoms with Gasteiger partial charge in [-0.3, -0.25) is 9.59 Å². The molecule has 0 unspecified atom stereocenters. The summed E-state index contributed by atoms with van der Waals surface area (Å²) in [6.45, 7) is 3.60. The summed E-state index contributed by atoms with van der Waals surface area (Å²) in [4.78, 5) is 23.7. The van der Waals surface area contributed by atoms with Crippen LogP contribution in [0.25, 0.3) is 0 Å². The van der Waals surface area contributed by atoms with Crippen LogP contribution in [-0.2, 0) is 16.0 Å². The van der Waals surface area contributed by atoms with Crippen molar-refractivity contribution >= 4 is 11.8 Å². The second kappa shape index (κ2) is 6.98. The Hall–Kier alpha value is -2.49. The van der Waals surface area contributed by atoms with Gasteiger partial charge in [0.2, 0.25) is 0 Å². The monoisotopic (exact) mass is 300 g/mol. The third kappa shape index (κ3) is 4.25. The molecule has 0 spiro atoms. The zero-order valence-electron chi connectivity index (χ0n) is 12.6. The lowest BCUT2D eigenvalue weighted by Gasteiger charge is -2.06. The van der Waals surface area contributed by atoms with Gasteiger partial charge in [-0.1, -0.05) is 24.3 Å². The summed E-state index contributed by atoms with van der Waals surface area (Å²) in [5.41, 5.74) is 3.29. The highest BCUT2D eigenvalue weighted by Gasteiger charge is 2.11.